The maximum absolute atomic E-state index is 13.9. The van der Waals surface area contributed by atoms with E-state index in [0.717, 1.165) is 33.3 Å². The summed E-state index contributed by atoms with van der Waals surface area (Å²) in [7, 11) is 1.61. The van der Waals surface area contributed by atoms with Gasteiger partial charge in [-0.3, -0.25) is 4.90 Å². The van der Waals surface area contributed by atoms with Gasteiger partial charge < -0.3 is 9.47 Å². The summed E-state index contributed by atoms with van der Waals surface area (Å²) in [6.07, 6.45) is 0.927. The Morgan fingerprint density at radius 2 is 1.93 bits per heavy atom. The second kappa shape index (κ2) is 8.88. The summed E-state index contributed by atoms with van der Waals surface area (Å²) in [6.45, 7) is 0.165. The molecule has 0 fully saturated rings. The van der Waals surface area contributed by atoms with Gasteiger partial charge in [-0.2, -0.15) is 0 Å². The van der Waals surface area contributed by atoms with Gasteiger partial charge in [0, 0.05) is 0 Å². The molecule has 3 aromatic carbocycles. The van der Waals surface area contributed by atoms with Crippen molar-refractivity contribution in [2.24, 2.45) is 0 Å². The van der Waals surface area contributed by atoms with E-state index in [1.165, 1.54) is 12.1 Å². The highest BCUT2D eigenvalue weighted by Crippen LogP contribution is 2.43. The van der Waals surface area contributed by atoms with Crippen LogP contribution in [0.4, 0.5) is 14.9 Å². The fraction of sp³-hybridized carbons (Fsp3) is 0.208. The number of halogens is 2. The first-order valence-electron chi connectivity index (χ1n) is 9.68. The van der Waals surface area contributed by atoms with Gasteiger partial charge in [-0.15, -0.1) is 0 Å². The van der Waals surface area contributed by atoms with E-state index in [1.807, 2.05) is 48.5 Å². The molecule has 0 saturated carbocycles. The number of amides is 1. The largest absolute Gasteiger partial charge is 0.496 e. The van der Waals surface area contributed by atoms with Gasteiger partial charge in [0.05, 0.1) is 23.3 Å². The van der Waals surface area contributed by atoms with E-state index in [2.05, 4.69) is 15.9 Å². The zero-order chi connectivity index (χ0) is 21.1. The van der Waals surface area contributed by atoms with Crippen molar-refractivity contribution in [1.29, 1.82) is 0 Å². The summed E-state index contributed by atoms with van der Waals surface area (Å²) < 4.78 is 25.7. The van der Waals surface area contributed by atoms with Crippen LogP contribution in [-0.2, 0) is 17.8 Å². The number of carbonyl (C=O) groups excluding carboxylic acids is 1. The van der Waals surface area contributed by atoms with Crippen LogP contribution in [0.25, 0.3) is 0 Å². The van der Waals surface area contributed by atoms with Crippen LogP contribution in [0.3, 0.4) is 0 Å². The minimum atomic E-state index is -0.467. The number of hydrogen-bond acceptors (Lipinski definition) is 3. The lowest BCUT2D eigenvalue weighted by Crippen LogP contribution is -2.39. The van der Waals surface area contributed by atoms with Gasteiger partial charge in [0.2, 0.25) is 0 Å². The number of rotatable bonds is 4. The van der Waals surface area contributed by atoms with Crippen LogP contribution in [-0.4, -0.2) is 13.2 Å². The highest BCUT2D eigenvalue weighted by Gasteiger charge is 2.34. The number of anilines is 1. The molecular weight excluding hydrogens is 449 g/mol. The number of methoxy groups -OCH3 is 1. The molecule has 4 nitrogen and oxygen atoms in total. The molecule has 1 heterocycles. The van der Waals surface area contributed by atoms with Crippen molar-refractivity contribution in [2.45, 2.75) is 25.5 Å². The Bertz CT molecular complexity index is 1060. The molecule has 0 saturated heterocycles. The van der Waals surface area contributed by atoms with Gasteiger partial charge in [0.25, 0.3) is 0 Å². The van der Waals surface area contributed by atoms with E-state index < -0.39 is 6.09 Å². The molecule has 30 heavy (non-hydrogen) atoms. The van der Waals surface area contributed by atoms with E-state index in [-0.39, 0.29) is 18.5 Å². The Balaban J connectivity index is 1.70. The van der Waals surface area contributed by atoms with Crippen LogP contribution < -0.4 is 9.64 Å². The maximum Gasteiger partial charge on any atom is 0.415 e. The average Bonchev–Trinajstić information content (AvgIpc) is 2.77. The molecule has 154 valence electrons. The molecule has 1 atom stereocenters. The predicted octanol–water partition coefficient (Wildman–Crippen LogP) is 6.43. The van der Waals surface area contributed by atoms with Crippen molar-refractivity contribution in [3.05, 3.63) is 93.7 Å². The van der Waals surface area contributed by atoms with Gasteiger partial charge in [-0.25, -0.2) is 9.18 Å². The number of aryl methyl sites for hydroxylation is 1. The summed E-state index contributed by atoms with van der Waals surface area (Å²) in [5, 5.41) is 0. The standard InChI is InChI=1S/C24H21BrFNO3/c1-29-23-13-18-10-11-21(17-8-5-9-19(26)12-17)27(22(18)14-20(23)25)24(28)30-15-16-6-3-2-4-7-16/h2-9,12-14,21H,10-11,15H2,1H3. The lowest BCUT2D eigenvalue weighted by atomic mass is 9.91. The van der Waals surface area contributed by atoms with Crippen molar-refractivity contribution in [3.8, 4) is 5.75 Å². The minimum Gasteiger partial charge on any atom is -0.496 e. The first kappa shape index (κ1) is 20.4. The van der Waals surface area contributed by atoms with Crippen LogP contribution in [0.5, 0.6) is 5.75 Å². The summed E-state index contributed by atoms with van der Waals surface area (Å²) in [4.78, 5) is 14.9. The van der Waals surface area contributed by atoms with Gasteiger partial charge in [-0.05, 0) is 69.7 Å². The zero-order valence-electron chi connectivity index (χ0n) is 16.5. The third kappa shape index (κ3) is 4.19. The molecule has 1 aliphatic rings. The highest BCUT2D eigenvalue weighted by molar-refractivity contribution is 9.10. The van der Waals surface area contributed by atoms with E-state index in [9.17, 15) is 9.18 Å². The Kier molecular flexibility index (Phi) is 6.04. The van der Waals surface area contributed by atoms with Crippen molar-refractivity contribution in [2.75, 3.05) is 12.0 Å². The van der Waals surface area contributed by atoms with Gasteiger partial charge in [0.15, 0.2) is 0 Å². The maximum atomic E-state index is 13.9. The number of fused-ring (bicyclic) bond motifs is 1. The van der Waals surface area contributed by atoms with E-state index in [1.54, 1.807) is 18.1 Å². The second-order valence-electron chi connectivity index (χ2n) is 7.14. The number of hydrogen-bond donors (Lipinski definition) is 0. The van der Waals surface area contributed by atoms with Crippen molar-refractivity contribution < 1.29 is 18.7 Å². The number of nitrogens with zero attached hydrogens (tertiary/aromatic N) is 1. The van der Waals surface area contributed by atoms with Crippen LogP contribution >= 0.6 is 15.9 Å². The van der Waals surface area contributed by atoms with Crippen LogP contribution in [0.15, 0.2) is 71.2 Å². The van der Waals surface area contributed by atoms with E-state index >= 15 is 0 Å². The minimum absolute atomic E-state index is 0.165. The van der Waals surface area contributed by atoms with Crippen LogP contribution in [0, 0.1) is 5.82 Å². The normalized spacial score (nSPS) is 15.4. The Morgan fingerprint density at radius 3 is 2.67 bits per heavy atom. The van der Waals surface area contributed by atoms with Crippen molar-refractivity contribution >= 4 is 27.7 Å². The van der Waals surface area contributed by atoms with Crippen molar-refractivity contribution in [1.82, 2.24) is 0 Å². The molecule has 1 aliphatic heterocycles. The van der Waals surface area contributed by atoms with Gasteiger partial charge >= 0.3 is 6.09 Å². The number of ether oxygens (including phenoxy) is 2. The molecule has 1 unspecified atom stereocenters. The summed E-state index contributed by atoms with van der Waals surface area (Å²) in [5.74, 6) is 0.377. The van der Waals surface area contributed by atoms with E-state index in [0.29, 0.717) is 12.2 Å². The van der Waals surface area contributed by atoms with Crippen molar-refractivity contribution in [3.63, 3.8) is 0 Å². The van der Waals surface area contributed by atoms with Crippen LogP contribution in [0.2, 0.25) is 0 Å². The molecular formula is C24H21BrFNO3. The Morgan fingerprint density at radius 1 is 1.13 bits per heavy atom. The Hall–Kier alpha value is -2.86. The lowest BCUT2D eigenvalue weighted by molar-refractivity contribution is 0.143. The van der Waals surface area contributed by atoms with Crippen LogP contribution in [0.1, 0.15) is 29.2 Å². The monoisotopic (exact) mass is 469 g/mol. The summed E-state index contributed by atoms with van der Waals surface area (Å²) in [6, 6.07) is 19.4. The molecule has 0 aromatic heterocycles. The first-order valence-corrected chi connectivity index (χ1v) is 10.5. The molecule has 0 radical (unpaired) electrons. The molecule has 0 bridgehead atoms. The highest BCUT2D eigenvalue weighted by atomic mass is 79.9. The zero-order valence-corrected chi connectivity index (χ0v) is 18.1. The first-order chi connectivity index (χ1) is 14.6. The molecule has 6 heteroatoms. The second-order valence-corrected chi connectivity index (χ2v) is 7.99. The molecule has 0 spiro atoms. The van der Waals surface area contributed by atoms with Gasteiger partial charge in [0.1, 0.15) is 18.2 Å². The Labute approximate surface area is 183 Å². The lowest BCUT2D eigenvalue weighted by Gasteiger charge is -2.37. The van der Waals surface area contributed by atoms with E-state index in [4.69, 9.17) is 9.47 Å². The fourth-order valence-electron chi connectivity index (χ4n) is 3.80. The molecule has 0 aliphatic carbocycles. The smallest absolute Gasteiger partial charge is 0.415 e. The topological polar surface area (TPSA) is 38.8 Å². The third-order valence-electron chi connectivity index (χ3n) is 5.25. The molecule has 3 aromatic rings. The van der Waals surface area contributed by atoms with Gasteiger partial charge in [-0.1, -0.05) is 42.5 Å². The molecule has 0 N–H and O–H groups in total. The number of benzene rings is 3. The quantitative estimate of drug-likeness (QED) is 0.441. The molecule has 4 rings (SSSR count). The fourth-order valence-corrected chi connectivity index (χ4v) is 4.29. The number of carbonyl (C=O) groups is 1. The predicted molar refractivity (Wildman–Crippen MR) is 117 cm³/mol. The summed E-state index contributed by atoms with van der Waals surface area (Å²) >= 11 is 3.51. The third-order valence-corrected chi connectivity index (χ3v) is 5.87. The average molecular weight is 470 g/mol. The summed E-state index contributed by atoms with van der Waals surface area (Å²) in [5.41, 5.74) is 3.37. The molecule has 1 amide bonds. The SMILES string of the molecule is COc1cc2c(cc1Br)N(C(=O)OCc1ccccc1)C(c1cccc(F)c1)CC2.